The van der Waals surface area contributed by atoms with Crippen LogP contribution in [0.3, 0.4) is 0 Å². The van der Waals surface area contributed by atoms with Crippen molar-refractivity contribution in [3.63, 3.8) is 0 Å². The first-order chi connectivity index (χ1) is 7.60. The van der Waals surface area contributed by atoms with E-state index in [1.54, 1.807) is 0 Å². The third-order valence-electron chi connectivity index (χ3n) is 2.56. The maximum Gasteiger partial charge on any atom is 0.279 e. The van der Waals surface area contributed by atoms with Crippen molar-refractivity contribution in [3.8, 4) is 0 Å². The molecule has 1 unspecified atom stereocenters. The van der Waals surface area contributed by atoms with Crippen molar-refractivity contribution < 1.29 is 18.3 Å². The van der Waals surface area contributed by atoms with Crippen LogP contribution in [0.5, 0.6) is 0 Å². The van der Waals surface area contributed by atoms with Gasteiger partial charge in [0.1, 0.15) is 0 Å². The Balaban J connectivity index is 2.54. The Labute approximate surface area is 96.8 Å². The number of hydrogen-bond donors (Lipinski definition) is 2. The largest absolute Gasteiger partial charge is 0.395 e. The van der Waals surface area contributed by atoms with Gasteiger partial charge in [0, 0.05) is 20.2 Å². The quantitative estimate of drug-likeness (QED) is 0.656. The number of methoxy groups -OCH3 is 1. The van der Waals surface area contributed by atoms with Crippen LogP contribution >= 0.6 is 0 Å². The number of aliphatic hydroxyl groups excluding tert-OH is 1. The summed E-state index contributed by atoms with van der Waals surface area (Å²) in [6.45, 7) is 1.02. The van der Waals surface area contributed by atoms with Crippen molar-refractivity contribution >= 4 is 10.2 Å². The van der Waals surface area contributed by atoms with Crippen molar-refractivity contribution in [1.29, 1.82) is 0 Å². The molecule has 1 aliphatic rings. The predicted octanol–water partition coefficient (Wildman–Crippen LogP) is -0.686. The molecule has 1 saturated heterocycles. The van der Waals surface area contributed by atoms with Gasteiger partial charge in [-0.25, -0.2) is 0 Å². The average Bonchev–Trinajstić information content (AvgIpc) is 2.29. The lowest BCUT2D eigenvalue weighted by Gasteiger charge is -2.27. The number of nitrogens with zero attached hydrogens (tertiary/aromatic N) is 1. The van der Waals surface area contributed by atoms with E-state index in [9.17, 15) is 8.42 Å². The molecule has 0 aromatic rings. The molecular formula is C9H20N2O4S. The number of ether oxygens (including phenoxy) is 1. The van der Waals surface area contributed by atoms with Crippen LogP contribution in [0.1, 0.15) is 19.3 Å². The summed E-state index contributed by atoms with van der Waals surface area (Å²) in [6, 6.07) is -0.572. The Hall–Kier alpha value is -0.210. The van der Waals surface area contributed by atoms with Gasteiger partial charge in [0.2, 0.25) is 0 Å². The Morgan fingerprint density at radius 2 is 2.00 bits per heavy atom. The van der Waals surface area contributed by atoms with Crippen molar-refractivity contribution in [1.82, 2.24) is 9.03 Å². The second-order valence-electron chi connectivity index (χ2n) is 3.92. The molecule has 0 spiro atoms. The molecular weight excluding hydrogens is 232 g/mol. The zero-order chi connectivity index (χ0) is 12.0. The van der Waals surface area contributed by atoms with E-state index in [-0.39, 0.29) is 13.2 Å². The van der Waals surface area contributed by atoms with E-state index < -0.39 is 16.3 Å². The van der Waals surface area contributed by atoms with E-state index >= 15 is 0 Å². The van der Waals surface area contributed by atoms with Crippen molar-refractivity contribution in [2.75, 3.05) is 33.4 Å². The number of aliphatic hydroxyl groups is 1. The van der Waals surface area contributed by atoms with Crippen LogP contribution in [-0.4, -0.2) is 57.3 Å². The number of piperidine rings is 1. The molecule has 0 aliphatic carbocycles. The minimum absolute atomic E-state index is 0.170. The number of hydrogen-bond acceptors (Lipinski definition) is 4. The molecule has 0 bridgehead atoms. The zero-order valence-corrected chi connectivity index (χ0v) is 10.4. The highest BCUT2D eigenvalue weighted by molar-refractivity contribution is 7.87. The monoisotopic (exact) mass is 252 g/mol. The fraction of sp³-hybridized carbons (Fsp3) is 1.00. The van der Waals surface area contributed by atoms with Crippen LogP contribution in [0, 0.1) is 0 Å². The molecule has 0 saturated carbocycles. The van der Waals surface area contributed by atoms with Crippen LogP contribution in [0.4, 0.5) is 0 Å². The minimum atomic E-state index is -3.47. The summed E-state index contributed by atoms with van der Waals surface area (Å²) < 4.78 is 32.4. The fourth-order valence-corrected chi connectivity index (χ4v) is 3.17. The van der Waals surface area contributed by atoms with E-state index in [0.29, 0.717) is 13.1 Å². The Bertz CT molecular complexity index is 288. The molecule has 6 nitrogen and oxygen atoms in total. The van der Waals surface area contributed by atoms with Crippen molar-refractivity contribution in [2.45, 2.75) is 25.3 Å². The Morgan fingerprint density at radius 1 is 1.38 bits per heavy atom. The lowest BCUT2D eigenvalue weighted by atomic mass is 10.2. The maximum absolute atomic E-state index is 11.9. The van der Waals surface area contributed by atoms with Gasteiger partial charge in [0.15, 0.2) is 0 Å². The molecule has 1 fully saturated rings. The molecule has 0 aromatic carbocycles. The predicted molar refractivity (Wildman–Crippen MR) is 60.2 cm³/mol. The molecule has 96 valence electrons. The summed E-state index contributed by atoms with van der Waals surface area (Å²) >= 11 is 0. The van der Waals surface area contributed by atoms with Gasteiger partial charge in [0.25, 0.3) is 10.2 Å². The molecule has 7 heteroatoms. The molecule has 0 radical (unpaired) electrons. The van der Waals surface area contributed by atoms with Crippen LogP contribution < -0.4 is 4.72 Å². The molecule has 1 atom stereocenters. The van der Waals surface area contributed by atoms with Gasteiger partial charge < -0.3 is 9.84 Å². The molecule has 16 heavy (non-hydrogen) atoms. The molecule has 1 aliphatic heterocycles. The lowest BCUT2D eigenvalue weighted by Crippen LogP contribution is -2.49. The molecule has 1 heterocycles. The van der Waals surface area contributed by atoms with Crippen LogP contribution in [0.2, 0.25) is 0 Å². The highest BCUT2D eigenvalue weighted by atomic mass is 32.2. The standard InChI is InChI=1S/C9H20N2O4S/c1-15-8-9(7-12)10-16(13,14)11-5-3-2-4-6-11/h9-10,12H,2-8H2,1H3. The first kappa shape index (κ1) is 13.9. The van der Waals surface area contributed by atoms with E-state index in [0.717, 1.165) is 19.3 Å². The normalized spacial score (nSPS) is 20.9. The summed E-state index contributed by atoms with van der Waals surface area (Å²) in [4.78, 5) is 0. The summed E-state index contributed by atoms with van der Waals surface area (Å²) in [7, 11) is -2.00. The third-order valence-corrected chi connectivity index (χ3v) is 4.23. The van der Waals surface area contributed by atoms with Crippen LogP contribution in [0.15, 0.2) is 0 Å². The highest BCUT2D eigenvalue weighted by Crippen LogP contribution is 2.12. The summed E-state index contributed by atoms with van der Waals surface area (Å²) in [5.74, 6) is 0. The van der Waals surface area contributed by atoms with Gasteiger partial charge in [-0.05, 0) is 12.8 Å². The highest BCUT2D eigenvalue weighted by Gasteiger charge is 2.26. The fourth-order valence-electron chi connectivity index (χ4n) is 1.72. The lowest BCUT2D eigenvalue weighted by molar-refractivity contribution is 0.137. The van der Waals surface area contributed by atoms with E-state index in [1.165, 1.54) is 11.4 Å². The zero-order valence-electron chi connectivity index (χ0n) is 9.55. The average molecular weight is 252 g/mol. The van der Waals surface area contributed by atoms with Crippen molar-refractivity contribution in [2.24, 2.45) is 0 Å². The van der Waals surface area contributed by atoms with Gasteiger partial charge in [-0.1, -0.05) is 6.42 Å². The van der Waals surface area contributed by atoms with E-state index in [1.807, 2.05) is 0 Å². The number of rotatable bonds is 6. The van der Waals surface area contributed by atoms with Crippen molar-refractivity contribution in [3.05, 3.63) is 0 Å². The van der Waals surface area contributed by atoms with E-state index in [2.05, 4.69) is 4.72 Å². The van der Waals surface area contributed by atoms with Gasteiger partial charge in [-0.2, -0.15) is 17.4 Å². The Kier molecular flexibility index (Phi) is 5.63. The SMILES string of the molecule is COCC(CO)NS(=O)(=O)N1CCCCC1. The minimum Gasteiger partial charge on any atom is -0.395 e. The van der Waals surface area contributed by atoms with Crippen LogP contribution in [-0.2, 0) is 14.9 Å². The van der Waals surface area contributed by atoms with Gasteiger partial charge in [0.05, 0.1) is 19.3 Å². The number of nitrogens with one attached hydrogen (secondary N) is 1. The first-order valence-electron chi connectivity index (χ1n) is 5.47. The summed E-state index contributed by atoms with van der Waals surface area (Å²) in [6.07, 6.45) is 2.87. The van der Waals surface area contributed by atoms with Gasteiger partial charge in [-0.15, -0.1) is 0 Å². The van der Waals surface area contributed by atoms with Gasteiger partial charge >= 0.3 is 0 Å². The second-order valence-corrected chi connectivity index (χ2v) is 5.62. The van der Waals surface area contributed by atoms with E-state index in [4.69, 9.17) is 9.84 Å². The molecule has 0 amide bonds. The molecule has 1 rings (SSSR count). The smallest absolute Gasteiger partial charge is 0.279 e. The maximum atomic E-state index is 11.9. The molecule has 2 N–H and O–H groups in total. The third kappa shape index (κ3) is 3.99. The van der Waals surface area contributed by atoms with Gasteiger partial charge in [-0.3, -0.25) is 0 Å². The molecule has 0 aromatic heterocycles. The Morgan fingerprint density at radius 3 is 2.50 bits per heavy atom. The summed E-state index contributed by atoms with van der Waals surface area (Å²) in [5, 5.41) is 8.99. The van der Waals surface area contributed by atoms with Crippen LogP contribution in [0.25, 0.3) is 0 Å². The summed E-state index contributed by atoms with van der Waals surface area (Å²) in [5.41, 5.74) is 0. The second kappa shape index (κ2) is 6.51. The first-order valence-corrected chi connectivity index (χ1v) is 6.91. The topological polar surface area (TPSA) is 78.9 Å².